The fourth-order valence-electron chi connectivity index (χ4n) is 3.53. The number of ether oxygens (including phenoxy) is 1. The lowest BCUT2D eigenvalue weighted by Gasteiger charge is -2.20. The first kappa shape index (κ1) is 21.9. The molecule has 170 valence electrons. The van der Waals surface area contributed by atoms with E-state index in [1.54, 1.807) is 12.1 Å². The van der Waals surface area contributed by atoms with Gasteiger partial charge in [-0.1, -0.05) is 23.4 Å². The summed E-state index contributed by atoms with van der Waals surface area (Å²) in [5.74, 6) is 2.41. The van der Waals surface area contributed by atoms with E-state index < -0.39 is 0 Å². The number of carbonyl (C=O) groups is 1. The number of hydrogen-bond donors (Lipinski definition) is 3. The first-order valence-electron chi connectivity index (χ1n) is 10.4. The van der Waals surface area contributed by atoms with Crippen LogP contribution in [0.4, 0.5) is 22.1 Å². The van der Waals surface area contributed by atoms with E-state index in [0.29, 0.717) is 41.7 Å². The highest BCUT2D eigenvalue weighted by atomic mass is 16.6. The van der Waals surface area contributed by atoms with E-state index in [2.05, 4.69) is 25.8 Å². The summed E-state index contributed by atoms with van der Waals surface area (Å²) in [4.78, 5) is 27.6. The van der Waals surface area contributed by atoms with Gasteiger partial charge in [0.05, 0.1) is 11.8 Å². The van der Waals surface area contributed by atoms with Gasteiger partial charge in [0.15, 0.2) is 0 Å². The van der Waals surface area contributed by atoms with Gasteiger partial charge in [-0.2, -0.15) is 0 Å². The average Bonchev–Trinajstić information content (AvgIpc) is 3.28. The van der Waals surface area contributed by atoms with Gasteiger partial charge in [0.2, 0.25) is 0 Å². The molecule has 1 aromatic heterocycles. The smallest absolute Gasteiger partial charge is 0.319 e. The first-order valence-corrected chi connectivity index (χ1v) is 10.4. The Morgan fingerprint density at radius 3 is 2.67 bits per heavy atom. The lowest BCUT2D eigenvalue weighted by Crippen LogP contribution is -2.40. The number of carbonyl (C=O) groups excluding carboxylic acids is 1. The number of urea groups is 1. The molecule has 1 saturated heterocycles. The van der Waals surface area contributed by atoms with Gasteiger partial charge in [-0.05, 0) is 42.8 Å². The third kappa shape index (κ3) is 5.67. The summed E-state index contributed by atoms with van der Waals surface area (Å²) in [6.45, 7) is 1.29. The molecule has 1 fully saturated rings. The van der Waals surface area contributed by atoms with Gasteiger partial charge in [-0.15, -0.1) is 0 Å². The van der Waals surface area contributed by atoms with Crippen molar-refractivity contribution < 1.29 is 14.4 Å². The van der Waals surface area contributed by atoms with Crippen molar-refractivity contribution in [2.24, 2.45) is 5.16 Å². The lowest BCUT2D eigenvalue weighted by molar-refractivity contribution is 0.215. The predicted molar refractivity (Wildman–Crippen MR) is 127 cm³/mol. The number of anilines is 3. The van der Waals surface area contributed by atoms with Crippen LogP contribution in [0.2, 0.25) is 0 Å². The Balaban J connectivity index is 1.31. The van der Waals surface area contributed by atoms with Crippen LogP contribution in [0.5, 0.6) is 11.5 Å². The minimum absolute atomic E-state index is 0.0471. The van der Waals surface area contributed by atoms with Crippen molar-refractivity contribution >= 4 is 29.6 Å². The number of benzene rings is 2. The quantitative estimate of drug-likeness (QED) is 0.375. The molecule has 3 aromatic rings. The van der Waals surface area contributed by atoms with Crippen LogP contribution in [0.3, 0.4) is 0 Å². The van der Waals surface area contributed by atoms with Gasteiger partial charge in [-0.25, -0.2) is 14.8 Å². The van der Waals surface area contributed by atoms with E-state index in [-0.39, 0.29) is 12.1 Å². The summed E-state index contributed by atoms with van der Waals surface area (Å²) in [6, 6.07) is 16.4. The highest BCUT2D eigenvalue weighted by Gasteiger charge is 2.27. The summed E-state index contributed by atoms with van der Waals surface area (Å²) in [7, 11) is 1.45. The second-order valence-corrected chi connectivity index (χ2v) is 7.38. The van der Waals surface area contributed by atoms with Crippen LogP contribution in [-0.2, 0) is 4.84 Å². The van der Waals surface area contributed by atoms with Gasteiger partial charge in [-0.3, -0.25) is 0 Å². The largest absolute Gasteiger partial charge is 0.457 e. The summed E-state index contributed by atoms with van der Waals surface area (Å²) in [5.41, 5.74) is 7.23. The summed E-state index contributed by atoms with van der Waals surface area (Å²) in [5, 5.41) is 9.64. The molecule has 33 heavy (non-hydrogen) atoms. The van der Waals surface area contributed by atoms with Crippen LogP contribution in [0.15, 0.2) is 66.1 Å². The molecular formula is C23H25N7O3. The van der Waals surface area contributed by atoms with Crippen molar-refractivity contribution in [3.05, 3.63) is 66.5 Å². The molecule has 2 heterocycles. The van der Waals surface area contributed by atoms with Crippen LogP contribution in [-0.4, -0.2) is 48.5 Å². The Morgan fingerprint density at radius 1 is 1.15 bits per heavy atom. The summed E-state index contributed by atoms with van der Waals surface area (Å²) < 4.78 is 5.77. The maximum atomic E-state index is 12.5. The Morgan fingerprint density at radius 2 is 1.91 bits per heavy atom. The molecule has 0 radical (unpaired) electrons. The van der Waals surface area contributed by atoms with Crippen molar-refractivity contribution in [2.45, 2.75) is 12.5 Å². The number of rotatable bonds is 7. The van der Waals surface area contributed by atoms with Crippen LogP contribution in [0.1, 0.15) is 12.0 Å². The summed E-state index contributed by atoms with van der Waals surface area (Å²) >= 11 is 0. The fourth-order valence-corrected chi connectivity index (χ4v) is 3.53. The molecule has 0 bridgehead atoms. The van der Waals surface area contributed by atoms with Crippen molar-refractivity contribution in [1.29, 1.82) is 0 Å². The number of amides is 2. The zero-order valence-electron chi connectivity index (χ0n) is 18.1. The first-order chi connectivity index (χ1) is 16.1. The second kappa shape index (κ2) is 10.3. The number of nitrogens with one attached hydrogen (secondary N) is 2. The molecule has 1 unspecified atom stereocenters. The zero-order chi connectivity index (χ0) is 23.0. The molecule has 1 aliphatic heterocycles. The molecule has 1 aliphatic rings. The number of oxime groups is 1. The van der Waals surface area contributed by atoms with Gasteiger partial charge < -0.3 is 30.8 Å². The van der Waals surface area contributed by atoms with Crippen LogP contribution in [0, 0.1) is 0 Å². The van der Waals surface area contributed by atoms with Gasteiger partial charge in [0.1, 0.15) is 36.6 Å². The predicted octanol–water partition coefficient (Wildman–Crippen LogP) is 3.23. The highest BCUT2D eigenvalue weighted by Crippen LogP contribution is 2.25. The van der Waals surface area contributed by atoms with E-state index in [1.807, 2.05) is 47.4 Å². The molecule has 4 rings (SSSR count). The molecule has 0 aliphatic carbocycles. The number of nitrogens with zero attached hydrogens (tertiary/aromatic N) is 4. The molecule has 0 saturated carbocycles. The average molecular weight is 447 g/mol. The third-order valence-corrected chi connectivity index (χ3v) is 5.10. The monoisotopic (exact) mass is 447 g/mol. The number of para-hydroxylation sites is 1. The molecule has 10 nitrogen and oxygen atoms in total. The van der Waals surface area contributed by atoms with E-state index in [1.165, 1.54) is 19.7 Å². The van der Waals surface area contributed by atoms with Crippen LogP contribution >= 0.6 is 0 Å². The van der Waals surface area contributed by atoms with E-state index in [4.69, 9.17) is 15.3 Å². The minimum Gasteiger partial charge on any atom is -0.457 e. The lowest BCUT2D eigenvalue weighted by atomic mass is 10.2. The molecule has 2 aromatic carbocycles. The Labute approximate surface area is 191 Å². The Kier molecular flexibility index (Phi) is 6.84. The van der Waals surface area contributed by atoms with Crippen molar-refractivity contribution in [3.63, 3.8) is 0 Å². The normalized spacial score (nSPS) is 15.4. The van der Waals surface area contributed by atoms with Crippen molar-refractivity contribution in [1.82, 2.24) is 15.3 Å². The molecule has 0 spiro atoms. The zero-order valence-corrected chi connectivity index (χ0v) is 18.1. The molecule has 4 N–H and O–H groups in total. The number of hydrogen-bond acceptors (Lipinski definition) is 8. The van der Waals surface area contributed by atoms with Crippen molar-refractivity contribution in [2.75, 3.05) is 36.1 Å². The van der Waals surface area contributed by atoms with Crippen LogP contribution < -0.4 is 26.0 Å². The Hall–Kier alpha value is -4.34. The number of nitrogen functional groups attached to an aromatic ring is 1. The van der Waals surface area contributed by atoms with Gasteiger partial charge >= 0.3 is 6.03 Å². The number of aromatic nitrogens is 2. The molecule has 1 atom stereocenters. The van der Waals surface area contributed by atoms with E-state index in [0.717, 1.165) is 12.2 Å². The van der Waals surface area contributed by atoms with Gasteiger partial charge in [0.25, 0.3) is 0 Å². The molecule has 2 amide bonds. The van der Waals surface area contributed by atoms with Crippen LogP contribution in [0.25, 0.3) is 0 Å². The summed E-state index contributed by atoms with van der Waals surface area (Å²) in [6.07, 6.45) is 3.67. The minimum atomic E-state index is -0.276. The van der Waals surface area contributed by atoms with E-state index in [9.17, 15) is 4.79 Å². The number of nitrogens with two attached hydrogens (primary N) is 1. The Bertz CT molecular complexity index is 1110. The third-order valence-electron chi connectivity index (χ3n) is 5.10. The maximum Gasteiger partial charge on any atom is 0.319 e. The maximum absolute atomic E-state index is 12.5. The molecule has 10 heteroatoms. The van der Waals surface area contributed by atoms with E-state index >= 15 is 0 Å². The standard InChI is InChI=1S/C23H25N7O3/c1-32-27-13-20-21(24)25-15-26-22(20)30-12-11-17(14-30)29-23(31)28-16-7-9-19(10-8-16)33-18-5-3-2-4-6-18/h2-10,13,15,17H,11-12,14H2,1H3,(H2,24,25,26)(H2,28,29,31)/b27-13+. The van der Waals surface area contributed by atoms with Crippen molar-refractivity contribution in [3.8, 4) is 11.5 Å². The molecular weight excluding hydrogens is 422 g/mol. The second-order valence-electron chi connectivity index (χ2n) is 7.38. The fraction of sp³-hybridized carbons (Fsp3) is 0.217. The van der Waals surface area contributed by atoms with Gasteiger partial charge in [0, 0.05) is 24.8 Å². The SMILES string of the molecule is CO/N=C/c1c(N)ncnc1N1CCC(NC(=O)Nc2ccc(Oc3ccccc3)cc2)C1. The highest BCUT2D eigenvalue weighted by molar-refractivity contribution is 5.92. The topological polar surface area (TPSA) is 127 Å².